The van der Waals surface area contributed by atoms with E-state index in [9.17, 15) is 0 Å². The summed E-state index contributed by atoms with van der Waals surface area (Å²) < 4.78 is 2.43. The molecule has 1 nitrogen and oxygen atoms in total. The Balaban J connectivity index is 0.000000963. The first-order valence-corrected chi connectivity index (χ1v) is 5.93. The fourth-order valence-corrected chi connectivity index (χ4v) is 3.40. The van der Waals surface area contributed by atoms with Gasteiger partial charge in [-0.3, -0.25) is 0 Å². The summed E-state index contributed by atoms with van der Waals surface area (Å²) in [5, 5.41) is 0. The van der Waals surface area contributed by atoms with Crippen molar-refractivity contribution in [2.75, 3.05) is 7.05 Å². The van der Waals surface area contributed by atoms with Crippen LogP contribution in [-0.4, -0.2) is 17.3 Å². The van der Waals surface area contributed by atoms with E-state index in [1.54, 1.807) is 11.3 Å². The van der Waals surface area contributed by atoms with E-state index in [4.69, 9.17) is 0 Å². The standard InChI is InChI=1S/C14H18N.HI/c1-14-10-6-5-9-13(14)15(2)12-8-4-3-7-11(12)14;/h3-4,7-8H,5-6,9-10H2,1-2H3;1H/q+1;. The van der Waals surface area contributed by atoms with Crippen LogP contribution in [0.5, 0.6) is 0 Å². The molecule has 1 aromatic rings. The quantitative estimate of drug-likeness (QED) is 0.502. The molecule has 1 saturated carbocycles. The van der Waals surface area contributed by atoms with Crippen LogP contribution in [0.1, 0.15) is 38.2 Å². The highest BCUT2D eigenvalue weighted by atomic mass is 127. The smallest absolute Gasteiger partial charge is 0.202 e. The molecule has 1 aliphatic heterocycles. The van der Waals surface area contributed by atoms with Crippen molar-refractivity contribution in [2.24, 2.45) is 0 Å². The molecule has 2 heteroatoms. The maximum absolute atomic E-state index is 2.43. The van der Waals surface area contributed by atoms with Crippen LogP contribution in [0.4, 0.5) is 5.69 Å². The van der Waals surface area contributed by atoms with Gasteiger partial charge >= 0.3 is 0 Å². The first-order chi connectivity index (χ1) is 7.23. The maximum atomic E-state index is 2.43. The van der Waals surface area contributed by atoms with E-state index >= 15 is 0 Å². The number of hydrogen-bond acceptors (Lipinski definition) is 0. The first-order valence-electron chi connectivity index (χ1n) is 5.93. The third-order valence-corrected chi connectivity index (χ3v) is 4.24. The van der Waals surface area contributed by atoms with Gasteiger partial charge in [-0.15, -0.1) is 24.0 Å². The van der Waals surface area contributed by atoms with Gasteiger partial charge in [0.25, 0.3) is 0 Å². The van der Waals surface area contributed by atoms with Gasteiger partial charge in [-0.25, -0.2) is 4.58 Å². The summed E-state index contributed by atoms with van der Waals surface area (Å²) in [7, 11) is 2.23. The van der Waals surface area contributed by atoms with E-state index in [-0.39, 0.29) is 24.0 Å². The Labute approximate surface area is 115 Å². The molecule has 86 valence electrons. The lowest BCUT2D eigenvalue weighted by Crippen LogP contribution is -2.34. The molecular formula is C14H19IN+. The fraction of sp³-hybridized carbons (Fsp3) is 0.500. The minimum absolute atomic E-state index is 0. The Morgan fingerprint density at radius 2 is 1.94 bits per heavy atom. The van der Waals surface area contributed by atoms with Crippen LogP contribution in [0.15, 0.2) is 24.3 Å². The number of benzene rings is 1. The molecule has 0 saturated heterocycles. The second-order valence-corrected chi connectivity index (χ2v) is 5.06. The minimum atomic E-state index is 0. The molecular weight excluding hydrogens is 309 g/mol. The summed E-state index contributed by atoms with van der Waals surface area (Å²) in [6.45, 7) is 2.42. The van der Waals surface area contributed by atoms with Gasteiger partial charge in [0, 0.05) is 18.1 Å². The van der Waals surface area contributed by atoms with Crippen molar-refractivity contribution < 1.29 is 4.58 Å². The van der Waals surface area contributed by atoms with E-state index in [0.717, 1.165) is 0 Å². The molecule has 1 aromatic carbocycles. The Morgan fingerprint density at radius 3 is 2.75 bits per heavy atom. The van der Waals surface area contributed by atoms with Crippen molar-refractivity contribution in [2.45, 2.75) is 38.0 Å². The molecule has 1 aliphatic carbocycles. The third-order valence-electron chi connectivity index (χ3n) is 4.24. The van der Waals surface area contributed by atoms with Crippen LogP contribution in [0.3, 0.4) is 0 Å². The lowest BCUT2D eigenvalue weighted by Gasteiger charge is -2.27. The van der Waals surface area contributed by atoms with E-state index in [1.807, 2.05) is 0 Å². The average molecular weight is 328 g/mol. The SMILES string of the molecule is C[N+]1=C2CCCCC2(C)c2ccccc21.I. The normalized spacial score (nSPS) is 27.1. The second kappa shape index (κ2) is 4.13. The van der Waals surface area contributed by atoms with Gasteiger partial charge in [-0.05, 0) is 19.8 Å². The highest BCUT2D eigenvalue weighted by Crippen LogP contribution is 2.45. The monoisotopic (exact) mass is 328 g/mol. The zero-order chi connectivity index (χ0) is 10.5. The number of rotatable bonds is 0. The van der Waals surface area contributed by atoms with Crippen LogP contribution in [-0.2, 0) is 5.41 Å². The van der Waals surface area contributed by atoms with Gasteiger partial charge < -0.3 is 0 Å². The molecule has 0 amide bonds. The molecule has 0 radical (unpaired) electrons. The van der Waals surface area contributed by atoms with E-state index < -0.39 is 0 Å². The van der Waals surface area contributed by atoms with Crippen molar-refractivity contribution in [1.29, 1.82) is 0 Å². The van der Waals surface area contributed by atoms with Crippen LogP contribution in [0.2, 0.25) is 0 Å². The van der Waals surface area contributed by atoms with Gasteiger partial charge in [0.1, 0.15) is 7.05 Å². The zero-order valence-electron chi connectivity index (χ0n) is 9.99. The highest BCUT2D eigenvalue weighted by molar-refractivity contribution is 14.0. The molecule has 0 bridgehead atoms. The Kier molecular flexibility index (Phi) is 3.12. The molecule has 1 atom stereocenters. The summed E-state index contributed by atoms with van der Waals surface area (Å²) in [4.78, 5) is 0. The van der Waals surface area contributed by atoms with Crippen LogP contribution in [0.25, 0.3) is 0 Å². The summed E-state index contributed by atoms with van der Waals surface area (Å²) in [5.74, 6) is 0. The van der Waals surface area contributed by atoms with Gasteiger partial charge in [-0.1, -0.05) is 24.6 Å². The molecule has 0 spiro atoms. The predicted octanol–water partition coefficient (Wildman–Crippen LogP) is 3.86. The topological polar surface area (TPSA) is 3.01 Å². The van der Waals surface area contributed by atoms with Crippen LogP contribution in [0, 0.1) is 0 Å². The second-order valence-electron chi connectivity index (χ2n) is 5.06. The maximum Gasteiger partial charge on any atom is 0.209 e. The summed E-state index contributed by atoms with van der Waals surface area (Å²) in [6.07, 6.45) is 5.34. The molecule has 1 unspecified atom stereocenters. The van der Waals surface area contributed by atoms with E-state index in [0.29, 0.717) is 5.41 Å². The molecule has 0 N–H and O–H groups in total. The Morgan fingerprint density at radius 1 is 1.19 bits per heavy atom. The largest absolute Gasteiger partial charge is 0.209 e. The molecule has 2 aliphatic rings. The van der Waals surface area contributed by atoms with Crippen molar-refractivity contribution in [3.63, 3.8) is 0 Å². The predicted molar refractivity (Wildman–Crippen MR) is 78.5 cm³/mol. The number of fused-ring (bicyclic) bond motifs is 3. The summed E-state index contributed by atoms with van der Waals surface area (Å²) in [6, 6.07) is 8.89. The van der Waals surface area contributed by atoms with E-state index in [2.05, 4.69) is 42.8 Å². The van der Waals surface area contributed by atoms with Crippen LogP contribution >= 0.6 is 24.0 Å². The molecule has 1 heterocycles. The van der Waals surface area contributed by atoms with Crippen molar-refractivity contribution >= 4 is 35.4 Å². The molecule has 1 fully saturated rings. The number of nitrogens with zero attached hydrogens (tertiary/aromatic N) is 1. The number of halogens is 1. The van der Waals surface area contributed by atoms with Gasteiger partial charge in [-0.2, -0.15) is 0 Å². The minimum Gasteiger partial charge on any atom is -0.202 e. The number of para-hydroxylation sites is 1. The lowest BCUT2D eigenvalue weighted by atomic mass is 9.71. The van der Waals surface area contributed by atoms with Gasteiger partial charge in [0.2, 0.25) is 5.69 Å². The van der Waals surface area contributed by atoms with Crippen molar-refractivity contribution in [3.05, 3.63) is 29.8 Å². The van der Waals surface area contributed by atoms with Gasteiger partial charge in [0.05, 0.1) is 5.41 Å². The average Bonchev–Trinajstić information content (AvgIpc) is 2.50. The van der Waals surface area contributed by atoms with Crippen molar-refractivity contribution in [3.8, 4) is 0 Å². The lowest BCUT2D eigenvalue weighted by molar-refractivity contribution is -0.404. The zero-order valence-corrected chi connectivity index (χ0v) is 12.3. The Hall–Kier alpha value is -0.380. The van der Waals surface area contributed by atoms with Crippen molar-refractivity contribution in [1.82, 2.24) is 0 Å². The Bertz CT molecular complexity index is 450. The fourth-order valence-electron chi connectivity index (χ4n) is 3.40. The summed E-state index contributed by atoms with van der Waals surface area (Å²) in [5.41, 5.74) is 4.94. The van der Waals surface area contributed by atoms with E-state index in [1.165, 1.54) is 31.4 Å². The molecule has 16 heavy (non-hydrogen) atoms. The summed E-state index contributed by atoms with van der Waals surface area (Å²) >= 11 is 0. The molecule has 0 aromatic heterocycles. The third kappa shape index (κ3) is 1.45. The van der Waals surface area contributed by atoms with Gasteiger partial charge in [0.15, 0.2) is 5.71 Å². The first kappa shape index (κ1) is 12.1. The van der Waals surface area contributed by atoms with Crippen LogP contribution < -0.4 is 0 Å². The highest BCUT2D eigenvalue weighted by Gasteiger charge is 2.48. The number of hydrogen-bond donors (Lipinski definition) is 0. The molecule has 3 rings (SSSR count).